The quantitative estimate of drug-likeness (QED) is 0.628. The van der Waals surface area contributed by atoms with E-state index in [2.05, 4.69) is 24.1 Å². The number of alkyl halides is 3. The Labute approximate surface area is 180 Å². The lowest BCUT2D eigenvalue weighted by Gasteiger charge is -2.18. The summed E-state index contributed by atoms with van der Waals surface area (Å²) in [6.45, 7) is 4.46. The molecule has 0 fully saturated rings. The minimum absolute atomic E-state index is 0. The van der Waals surface area contributed by atoms with Crippen LogP contribution in [0.15, 0.2) is 42.6 Å². The summed E-state index contributed by atoms with van der Waals surface area (Å²) in [5.41, 5.74) is 5.27. The average Bonchev–Trinajstić information content (AvgIpc) is 2.61. The molecule has 1 aromatic heterocycles. The monoisotopic (exact) mass is 453 g/mol. The minimum Gasteiger partial charge on any atom is -0.439 e. The van der Waals surface area contributed by atoms with Gasteiger partial charge >= 0.3 is 6.18 Å². The van der Waals surface area contributed by atoms with Crippen molar-refractivity contribution in [1.82, 2.24) is 10.3 Å². The zero-order valence-corrected chi connectivity index (χ0v) is 17.5. The fourth-order valence-corrected chi connectivity index (χ4v) is 2.46. The third-order valence-electron chi connectivity index (χ3n) is 3.78. The molecule has 29 heavy (non-hydrogen) atoms. The first-order valence-electron chi connectivity index (χ1n) is 8.51. The van der Waals surface area contributed by atoms with Gasteiger partial charge in [-0.25, -0.2) is 4.98 Å². The van der Waals surface area contributed by atoms with Crippen LogP contribution in [0, 0.1) is 5.92 Å². The van der Waals surface area contributed by atoms with Crippen LogP contribution in [0.5, 0.6) is 11.6 Å². The summed E-state index contributed by atoms with van der Waals surface area (Å²) < 4.78 is 43.0. The van der Waals surface area contributed by atoms with E-state index in [9.17, 15) is 18.0 Å². The highest BCUT2D eigenvalue weighted by molar-refractivity contribution is 5.94. The van der Waals surface area contributed by atoms with E-state index < -0.39 is 11.7 Å². The van der Waals surface area contributed by atoms with Gasteiger partial charge in [-0.3, -0.25) is 4.79 Å². The standard InChI is InChI=1S/C19H22F3N3O2.2ClH/c1-12(2)9-15(10-23)25-18(26)13-3-6-16(7-4-13)27-17-8-5-14(11-24-17)19(20,21)22;;/h3-8,11-12,15H,9-10,23H2,1-2H3,(H,25,26);2*1H. The lowest BCUT2D eigenvalue weighted by Crippen LogP contribution is -2.41. The van der Waals surface area contributed by atoms with Crippen molar-refractivity contribution < 1.29 is 22.7 Å². The number of hydrogen-bond donors (Lipinski definition) is 2. The van der Waals surface area contributed by atoms with E-state index in [0.717, 1.165) is 18.6 Å². The number of hydrogen-bond acceptors (Lipinski definition) is 4. The zero-order chi connectivity index (χ0) is 20.0. The molecule has 1 heterocycles. The van der Waals surface area contributed by atoms with Crippen LogP contribution in [-0.2, 0) is 6.18 Å². The van der Waals surface area contributed by atoms with Crippen molar-refractivity contribution in [2.75, 3.05) is 6.54 Å². The molecular weight excluding hydrogens is 430 g/mol. The van der Waals surface area contributed by atoms with E-state index in [1.54, 1.807) is 24.3 Å². The molecule has 162 valence electrons. The lowest BCUT2D eigenvalue weighted by molar-refractivity contribution is -0.137. The van der Waals surface area contributed by atoms with Gasteiger partial charge < -0.3 is 15.8 Å². The van der Waals surface area contributed by atoms with Gasteiger partial charge in [0.2, 0.25) is 5.88 Å². The Kier molecular flexibility index (Phi) is 11.0. The molecule has 1 amide bonds. The normalized spacial score (nSPS) is 11.8. The number of pyridine rings is 1. The number of nitrogens with zero attached hydrogens (tertiary/aromatic N) is 1. The number of aromatic nitrogens is 1. The van der Waals surface area contributed by atoms with Crippen LogP contribution in [0.2, 0.25) is 0 Å². The summed E-state index contributed by atoms with van der Waals surface area (Å²) in [4.78, 5) is 15.9. The second-order valence-corrected chi connectivity index (χ2v) is 6.54. The maximum Gasteiger partial charge on any atom is 0.417 e. The highest BCUT2D eigenvalue weighted by Crippen LogP contribution is 2.30. The van der Waals surface area contributed by atoms with E-state index in [4.69, 9.17) is 10.5 Å². The largest absolute Gasteiger partial charge is 0.439 e. The fraction of sp³-hybridized carbons (Fsp3) is 0.368. The summed E-state index contributed by atoms with van der Waals surface area (Å²) in [6.07, 6.45) is -2.96. The summed E-state index contributed by atoms with van der Waals surface area (Å²) in [5.74, 6) is 0.549. The molecule has 5 nitrogen and oxygen atoms in total. The summed E-state index contributed by atoms with van der Waals surface area (Å²) in [7, 11) is 0. The van der Waals surface area contributed by atoms with Gasteiger partial charge in [-0.1, -0.05) is 13.8 Å². The molecule has 0 radical (unpaired) electrons. The molecule has 0 spiro atoms. The van der Waals surface area contributed by atoms with Gasteiger partial charge in [0.1, 0.15) is 5.75 Å². The molecule has 10 heteroatoms. The predicted molar refractivity (Wildman–Crippen MR) is 110 cm³/mol. The van der Waals surface area contributed by atoms with E-state index in [1.165, 1.54) is 0 Å². The number of halogens is 5. The van der Waals surface area contributed by atoms with E-state index in [0.29, 0.717) is 30.0 Å². The van der Waals surface area contributed by atoms with Crippen molar-refractivity contribution in [2.24, 2.45) is 11.7 Å². The van der Waals surface area contributed by atoms with Crippen LogP contribution >= 0.6 is 24.8 Å². The van der Waals surface area contributed by atoms with E-state index in [1.807, 2.05) is 0 Å². The molecule has 0 aliphatic heterocycles. The molecule has 2 rings (SSSR count). The molecule has 0 saturated carbocycles. The van der Waals surface area contributed by atoms with Crippen LogP contribution in [0.4, 0.5) is 13.2 Å². The Morgan fingerprint density at radius 3 is 2.21 bits per heavy atom. The molecule has 3 N–H and O–H groups in total. The maximum absolute atomic E-state index is 12.5. The second kappa shape index (κ2) is 11.8. The van der Waals surface area contributed by atoms with E-state index >= 15 is 0 Å². The Morgan fingerprint density at radius 1 is 1.14 bits per heavy atom. The number of nitrogens with one attached hydrogen (secondary N) is 1. The Balaban J connectivity index is 0.00000392. The van der Waals surface area contributed by atoms with Crippen LogP contribution in [-0.4, -0.2) is 23.5 Å². The SMILES string of the molecule is CC(C)CC(CN)NC(=O)c1ccc(Oc2ccc(C(F)(F)F)cn2)cc1.Cl.Cl. The second-order valence-electron chi connectivity index (χ2n) is 6.54. The van der Waals surface area contributed by atoms with Crippen LogP contribution < -0.4 is 15.8 Å². The van der Waals surface area contributed by atoms with Gasteiger partial charge in [-0.05, 0) is 42.7 Å². The summed E-state index contributed by atoms with van der Waals surface area (Å²) >= 11 is 0. The number of carbonyl (C=O) groups excluding carboxylic acids is 1. The predicted octanol–water partition coefficient (Wildman–Crippen LogP) is 4.84. The highest BCUT2D eigenvalue weighted by atomic mass is 35.5. The molecule has 0 aliphatic carbocycles. The summed E-state index contributed by atoms with van der Waals surface area (Å²) in [5, 5.41) is 2.88. The molecule has 1 aromatic carbocycles. The van der Waals surface area contributed by atoms with Crippen molar-refractivity contribution in [3.8, 4) is 11.6 Å². The van der Waals surface area contributed by atoms with E-state index in [-0.39, 0.29) is 42.6 Å². The van der Waals surface area contributed by atoms with Gasteiger partial charge in [0.25, 0.3) is 5.91 Å². The Hall–Kier alpha value is -2.03. The van der Waals surface area contributed by atoms with Crippen molar-refractivity contribution >= 4 is 30.7 Å². The smallest absolute Gasteiger partial charge is 0.417 e. The minimum atomic E-state index is -4.45. The molecule has 0 bridgehead atoms. The number of rotatable bonds is 7. The van der Waals surface area contributed by atoms with Crippen LogP contribution in [0.1, 0.15) is 36.2 Å². The highest BCUT2D eigenvalue weighted by Gasteiger charge is 2.30. The number of amides is 1. The maximum atomic E-state index is 12.5. The topological polar surface area (TPSA) is 77.2 Å². The molecule has 0 saturated heterocycles. The van der Waals surface area contributed by atoms with Crippen molar-refractivity contribution in [2.45, 2.75) is 32.5 Å². The lowest BCUT2D eigenvalue weighted by atomic mass is 10.0. The molecule has 1 unspecified atom stereocenters. The van der Waals surface area contributed by atoms with Gasteiger partial charge in [0.15, 0.2) is 0 Å². The van der Waals surface area contributed by atoms with Gasteiger partial charge in [0.05, 0.1) is 5.56 Å². The summed E-state index contributed by atoms with van der Waals surface area (Å²) in [6, 6.07) is 8.16. The third kappa shape index (κ3) is 8.47. The van der Waals surface area contributed by atoms with Gasteiger partial charge in [0, 0.05) is 30.4 Å². The van der Waals surface area contributed by atoms with Gasteiger partial charge in [-0.15, -0.1) is 24.8 Å². The number of nitrogens with two attached hydrogens (primary N) is 1. The van der Waals surface area contributed by atoms with Gasteiger partial charge in [-0.2, -0.15) is 13.2 Å². The zero-order valence-electron chi connectivity index (χ0n) is 15.9. The first-order valence-corrected chi connectivity index (χ1v) is 8.51. The van der Waals surface area contributed by atoms with Crippen molar-refractivity contribution in [3.63, 3.8) is 0 Å². The number of ether oxygens (including phenoxy) is 1. The van der Waals surface area contributed by atoms with Crippen LogP contribution in [0.25, 0.3) is 0 Å². The van der Waals surface area contributed by atoms with Crippen molar-refractivity contribution in [1.29, 1.82) is 0 Å². The Morgan fingerprint density at radius 2 is 1.76 bits per heavy atom. The fourth-order valence-electron chi connectivity index (χ4n) is 2.46. The Bertz CT molecular complexity index is 755. The number of benzene rings is 1. The first kappa shape index (κ1) is 27.0. The molecular formula is C19H24Cl2F3N3O2. The molecule has 0 aliphatic rings. The molecule has 1 atom stereocenters. The third-order valence-corrected chi connectivity index (χ3v) is 3.78. The molecule has 2 aromatic rings. The number of carbonyl (C=O) groups is 1. The van der Waals surface area contributed by atoms with Crippen molar-refractivity contribution in [3.05, 3.63) is 53.7 Å². The van der Waals surface area contributed by atoms with Crippen LogP contribution in [0.3, 0.4) is 0 Å². The first-order chi connectivity index (χ1) is 12.7. The average molecular weight is 454 g/mol.